The standard InChI is InChI=1S/C20H24N2O5/c1-26-18(24)11-16(14-6-5-7-21-12-14)20-19(25)17(23)10-15(27-20)13-22-8-3-2-4-9-22/h5-7,10,12,16,25H,2-4,8-9,11,13H2,1H3. The third kappa shape index (κ3) is 4.74. The number of carbonyl (C=O) groups excluding carboxylic acids is 1. The summed E-state index contributed by atoms with van der Waals surface area (Å²) < 4.78 is 10.7. The highest BCUT2D eigenvalue weighted by molar-refractivity contribution is 5.71. The van der Waals surface area contributed by atoms with Gasteiger partial charge < -0.3 is 14.3 Å². The van der Waals surface area contributed by atoms with Crippen LogP contribution < -0.4 is 5.43 Å². The molecule has 7 heteroatoms. The zero-order valence-corrected chi connectivity index (χ0v) is 15.4. The minimum absolute atomic E-state index is 0.0636. The molecule has 7 nitrogen and oxygen atoms in total. The maximum Gasteiger partial charge on any atom is 0.306 e. The summed E-state index contributed by atoms with van der Waals surface area (Å²) in [5.41, 5.74) is 0.151. The second kappa shape index (κ2) is 8.81. The van der Waals surface area contributed by atoms with Crippen molar-refractivity contribution in [2.75, 3.05) is 20.2 Å². The van der Waals surface area contributed by atoms with Gasteiger partial charge in [-0.2, -0.15) is 0 Å². The molecular formula is C20H24N2O5. The Kier molecular flexibility index (Phi) is 6.24. The molecule has 0 saturated carbocycles. The minimum atomic E-state index is -0.653. The predicted octanol–water partition coefficient (Wildman–Crippen LogP) is 2.42. The third-order valence-electron chi connectivity index (χ3n) is 4.83. The number of hydrogen-bond acceptors (Lipinski definition) is 7. The van der Waals surface area contributed by atoms with E-state index < -0.39 is 23.1 Å². The molecule has 1 N–H and O–H groups in total. The van der Waals surface area contributed by atoms with Crippen LogP contribution in [-0.2, 0) is 16.1 Å². The number of methoxy groups -OCH3 is 1. The molecule has 0 aromatic carbocycles. The average Bonchev–Trinajstić information content (AvgIpc) is 2.70. The van der Waals surface area contributed by atoms with Gasteiger partial charge in [-0.3, -0.25) is 19.5 Å². The van der Waals surface area contributed by atoms with Gasteiger partial charge in [0.2, 0.25) is 11.2 Å². The lowest BCUT2D eigenvalue weighted by Gasteiger charge is -2.26. The van der Waals surface area contributed by atoms with Gasteiger partial charge >= 0.3 is 5.97 Å². The zero-order chi connectivity index (χ0) is 19.2. The summed E-state index contributed by atoms with van der Waals surface area (Å²) in [7, 11) is 1.30. The first-order chi connectivity index (χ1) is 13.1. The van der Waals surface area contributed by atoms with Crippen molar-refractivity contribution < 1.29 is 19.1 Å². The van der Waals surface area contributed by atoms with Gasteiger partial charge in [-0.25, -0.2) is 0 Å². The monoisotopic (exact) mass is 372 g/mol. The van der Waals surface area contributed by atoms with Crippen molar-refractivity contribution in [2.45, 2.75) is 38.1 Å². The van der Waals surface area contributed by atoms with Crippen LogP contribution in [0.3, 0.4) is 0 Å². The van der Waals surface area contributed by atoms with E-state index in [-0.39, 0.29) is 12.2 Å². The van der Waals surface area contributed by atoms with Gasteiger partial charge in [-0.1, -0.05) is 12.5 Å². The van der Waals surface area contributed by atoms with Crippen LogP contribution in [0.25, 0.3) is 0 Å². The molecule has 0 amide bonds. The molecule has 27 heavy (non-hydrogen) atoms. The molecule has 2 aromatic heterocycles. The van der Waals surface area contributed by atoms with Crippen LogP contribution in [0.5, 0.6) is 5.75 Å². The van der Waals surface area contributed by atoms with Gasteiger partial charge in [0, 0.05) is 18.5 Å². The van der Waals surface area contributed by atoms with E-state index in [4.69, 9.17) is 9.15 Å². The van der Waals surface area contributed by atoms with E-state index in [1.54, 1.807) is 24.5 Å². The number of aromatic nitrogens is 1. The summed E-state index contributed by atoms with van der Waals surface area (Å²) in [5, 5.41) is 10.4. The summed E-state index contributed by atoms with van der Waals surface area (Å²) in [6.45, 7) is 2.41. The van der Waals surface area contributed by atoms with Crippen molar-refractivity contribution >= 4 is 5.97 Å². The fourth-order valence-electron chi connectivity index (χ4n) is 3.40. The number of piperidine rings is 1. The van der Waals surface area contributed by atoms with Gasteiger partial charge in [0.05, 0.1) is 26.0 Å². The number of rotatable bonds is 6. The maximum absolute atomic E-state index is 12.3. The smallest absolute Gasteiger partial charge is 0.306 e. The summed E-state index contributed by atoms with van der Waals surface area (Å²) >= 11 is 0. The largest absolute Gasteiger partial charge is 0.502 e. The number of likely N-dealkylation sites (tertiary alicyclic amines) is 1. The van der Waals surface area contributed by atoms with Gasteiger partial charge in [0.25, 0.3) is 0 Å². The van der Waals surface area contributed by atoms with Crippen LogP contribution in [0.15, 0.2) is 39.8 Å². The SMILES string of the molecule is COC(=O)CC(c1cccnc1)c1oc(CN2CCCCC2)cc(=O)c1O. The molecule has 1 atom stereocenters. The lowest BCUT2D eigenvalue weighted by molar-refractivity contribution is -0.140. The first kappa shape index (κ1) is 19.1. The molecule has 1 saturated heterocycles. The maximum atomic E-state index is 12.3. The number of hydrogen-bond donors (Lipinski definition) is 1. The number of carbonyl (C=O) groups is 1. The Morgan fingerprint density at radius 3 is 2.81 bits per heavy atom. The third-order valence-corrected chi connectivity index (χ3v) is 4.83. The molecule has 144 valence electrons. The number of pyridine rings is 1. The zero-order valence-electron chi connectivity index (χ0n) is 15.4. The van der Waals surface area contributed by atoms with Gasteiger partial charge in [-0.15, -0.1) is 0 Å². The van der Waals surface area contributed by atoms with Crippen LogP contribution in [0, 0.1) is 0 Å². The highest BCUT2D eigenvalue weighted by Gasteiger charge is 2.27. The Balaban J connectivity index is 1.97. The summed E-state index contributed by atoms with van der Waals surface area (Å²) in [6.07, 6.45) is 6.59. The summed E-state index contributed by atoms with van der Waals surface area (Å²) in [4.78, 5) is 30.5. The Bertz CT molecular complexity index is 828. The van der Waals surface area contributed by atoms with Crippen LogP contribution >= 0.6 is 0 Å². The lowest BCUT2D eigenvalue weighted by Crippen LogP contribution is -2.29. The molecule has 3 rings (SSSR count). The molecule has 1 aliphatic heterocycles. The molecule has 1 unspecified atom stereocenters. The predicted molar refractivity (Wildman–Crippen MR) is 98.5 cm³/mol. The molecule has 1 fully saturated rings. The fourth-order valence-corrected chi connectivity index (χ4v) is 3.40. The van der Waals surface area contributed by atoms with Gasteiger partial charge in [0.1, 0.15) is 5.76 Å². The van der Waals surface area contributed by atoms with Crippen molar-refractivity contribution in [1.29, 1.82) is 0 Å². The minimum Gasteiger partial charge on any atom is -0.502 e. The van der Waals surface area contributed by atoms with Crippen molar-refractivity contribution in [3.8, 4) is 5.75 Å². The van der Waals surface area contributed by atoms with Crippen LogP contribution in [0.2, 0.25) is 0 Å². The second-order valence-electron chi connectivity index (χ2n) is 6.75. The number of ether oxygens (including phenoxy) is 1. The molecular weight excluding hydrogens is 348 g/mol. The quantitative estimate of drug-likeness (QED) is 0.778. The number of aromatic hydroxyl groups is 1. The van der Waals surface area contributed by atoms with Gasteiger partial charge in [0.15, 0.2) is 5.76 Å². The van der Waals surface area contributed by atoms with Crippen molar-refractivity contribution in [3.05, 3.63) is 57.9 Å². The molecule has 0 spiro atoms. The molecule has 2 aromatic rings. The van der Waals surface area contributed by atoms with Crippen LogP contribution in [0.4, 0.5) is 0 Å². The molecule has 0 bridgehead atoms. The van der Waals surface area contributed by atoms with E-state index in [0.29, 0.717) is 17.9 Å². The highest BCUT2D eigenvalue weighted by atomic mass is 16.5. The first-order valence-corrected chi connectivity index (χ1v) is 9.13. The van der Waals surface area contributed by atoms with E-state index >= 15 is 0 Å². The molecule has 3 heterocycles. The first-order valence-electron chi connectivity index (χ1n) is 9.13. The number of esters is 1. The van der Waals surface area contributed by atoms with E-state index in [0.717, 1.165) is 25.9 Å². The average molecular weight is 372 g/mol. The summed E-state index contributed by atoms with van der Waals surface area (Å²) in [6, 6.07) is 4.83. The molecule has 0 radical (unpaired) electrons. The Labute approximate surface area is 157 Å². The Morgan fingerprint density at radius 1 is 1.37 bits per heavy atom. The fraction of sp³-hybridized carbons (Fsp3) is 0.450. The van der Waals surface area contributed by atoms with E-state index in [9.17, 15) is 14.7 Å². The van der Waals surface area contributed by atoms with Crippen LogP contribution in [-0.4, -0.2) is 41.2 Å². The van der Waals surface area contributed by atoms with Crippen molar-refractivity contribution in [1.82, 2.24) is 9.88 Å². The lowest BCUT2D eigenvalue weighted by atomic mass is 9.93. The van der Waals surface area contributed by atoms with Crippen molar-refractivity contribution in [3.63, 3.8) is 0 Å². The summed E-state index contributed by atoms with van der Waals surface area (Å²) in [5.74, 6) is -1.04. The van der Waals surface area contributed by atoms with E-state index in [1.807, 2.05) is 0 Å². The highest BCUT2D eigenvalue weighted by Crippen LogP contribution is 2.33. The Morgan fingerprint density at radius 2 is 2.15 bits per heavy atom. The van der Waals surface area contributed by atoms with Crippen LogP contribution in [0.1, 0.15) is 48.7 Å². The number of nitrogens with zero attached hydrogens (tertiary/aromatic N) is 2. The molecule has 1 aliphatic rings. The molecule has 0 aliphatic carbocycles. The Hall–Kier alpha value is -2.67. The van der Waals surface area contributed by atoms with Crippen molar-refractivity contribution in [2.24, 2.45) is 0 Å². The van der Waals surface area contributed by atoms with E-state index in [2.05, 4.69) is 9.88 Å². The van der Waals surface area contributed by atoms with E-state index in [1.165, 1.54) is 19.6 Å². The second-order valence-corrected chi connectivity index (χ2v) is 6.75. The topological polar surface area (TPSA) is 92.9 Å². The van der Waals surface area contributed by atoms with Gasteiger partial charge in [-0.05, 0) is 37.6 Å². The normalized spacial score (nSPS) is 16.0.